The van der Waals surface area contributed by atoms with Crippen LogP contribution in [0.25, 0.3) is 0 Å². The van der Waals surface area contributed by atoms with E-state index in [9.17, 15) is 4.79 Å². The second-order valence-corrected chi connectivity index (χ2v) is 7.99. The average molecular weight is 288 g/mol. The fourth-order valence-electron chi connectivity index (χ4n) is 5.82. The number of hydrogen-bond acceptors (Lipinski definition) is 3. The zero-order valence-corrected chi connectivity index (χ0v) is 12.7. The Bertz CT molecular complexity index is 524. The first-order valence-electron chi connectivity index (χ1n) is 8.20. The van der Waals surface area contributed by atoms with Crippen LogP contribution >= 0.6 is 0 Å². The molecule has 0 spiro atoms. The van der Waals surface area contributed by atoms with E-state index in [0.29, 0.717) is 17.9 Å². The summed E-state index contributed by atoms with van der Waals surface area (Å²) >= 11 is 0. The molecule has 4 bridgehead atoms. The third kappa shape index (κ3) is 2.27. The molecule has 5 heteroatoms. The minimum atomic E-state index is -0.0692. The number of carbonyl (C=O) groups excluding carboxylic acids is 1. The van der Waals surface area contributed by atoms with Crippen LogP contribution in [-0.2, 0) is 11.2 Å². The highest BCUT2D eigenvalue weighted by molar-refractivity contribution is 5.83. The van der Waals surface area contributed by atoms with Gasteiger partial charge in [-0.3, -0.25) is 9.89 Å². The lowest BCUT2D eigenvalue weighted by Gasteiger charge is -2.60. The van der Waals surface area contributed by atoms with E-state index in [-0.39, 0.29) is 5.41 Å². The van der Waals surface area contributed by atoms with E-state index in [1.807, 2.05) is 0 Å². The van der Waals surface area contributed by atoms with Gasteiger partial charge in [-0.1, -0.05) is 6.92 Å². The van der Waals surface area contributed by atoms with Gasteiger partial charge in [0.15, 0.2) is 0 Å². The first-order chi connectivity index (χ1) is 10.1. The largest absolute Gasteiger partial charge is 0.355 e. The monoisotopic (exact) mass is 288 g/mol. The number of aromatic amines is 1. The quantitative estimate of drug-likeness (QED) is 0.891. The van der Waals surface area contributed by atoms with Crippen LogP contribution in [0.4, 0.5) is 0 Å². The summed E-state index contributed by atoms with van der Waals surface area (Å²) in [6, 6.07) is 0. The van der Waals surface area contributed by atoms with Gasteiger partial charge in [0.2, 0.25) is 5.91 Å². The molecular formula is C16H24N4O. The van der Waals surface area contributed by atoms with Crippen molar-refractivity contribution in [2.75, 3.05) is 6.54 Å². The van der Waals surface area contributed by atoms with Gasteiger partial charge in [0.25, 0.3) is 0 Å². The Balaban J connectivity index is 1.42. The highest BCUT2D eigenvalue weighted by Crippen LogP contribution is 2.65. The van der Waals surface area contributed by atoms with Crippen molar-refractivity contribution in [3.05, 3.63) is 12.2 Å². The molecule has 114 valence electrons. The SMILES string of the molecule is CC12CC3CC(C1)CC(C(=O)NCCc1ncn[nH]1)(C3)C2. The van der Waals surface area contributed by atoms with Crippen LogP contribution in [0.3, 0.4) is 0 Å². The molecule has 4 aliphatic carbocycles. The fourth-order valence-corrected chi connectivity index (χ4v) is 5.82. The van der Waals surface area contributed by atoms with Gasteiger partial charge < -0.3 is 5.32 Å². The molecule has 1 aromatic heterocycles. The summed E-state index contributed by atoms with van der Waals surface area (Å²) < 4.78 is 0. The Morgan fingerprint density at radius 1 is 1.38 bits per heavy atom. The minimum absolute atomic E-state index is 0.0692. The third-order valence-corrected chi connectivity index (χ3v) is 5.95. The molecule has 1 aromatic rings. The molecule has 5 nitrogen and oxygen atoms in total. The van der Waals surface area contributed by atoms with Gasteiger partial charge in [-0.25, -0.2) is 4.98 Å². The minimum Gasteiger partial charge on any atom is -0.355 e. The molecule has 2 atom stereocenters. The Kier molecular flexibility index (Phi) is 2.88. The van der Waals surface area contributed by atoms with Crippen molar-refractivity contribution in [3.63, 3.8) is 0 Å². The van der Waals surface area contributed by atoms with Crippen LogP contribution in [0.2, 0.25) is 0 Å². The summed E-state index contributed by atoms with van der Waals surface area (Å²) in [7, 11) is 0. The van der Waals surface area contributed by atoms with Crippen molar-refractivity contribution in [1.29, 1.82) is 0 Å². The van der Waals surface area contributed by atoms with Crippen molar-refractivity contribution < 1.29 is 4.79 Å². The second-order valence-electron chi connectivity index (χ2n) is 7.99. The fraction of sp³-hybridized carbons (Fsp3) is 0.812. The average Bonchev–Trinajstić information content (AvgIpc) is 2.88. The molecule has 21 heavy (non-hydrogen) atoms. The van der Waals surface area contributed by atoms with E-state index in [1.165, 1.54) is 25.6 Å². The summed E-state index contributed by atoms with van der Waals surface area (Å²) in [6.07, 6.45) is 9.63. The van der Waals surface area contributed by atoms with Crippen LogP contribution in [0, 0.1) is 22.7 Å². The number of H-pyrrole nitrogens is 1. The first kappa shape index (κ1) is 13.3. The number of amides is 1. The van der Waals surface area contributed by atoms with Gasteiger partial charge in [-0.05, 0) is 55.8 Å². The molecule has 5 rings (SSSR count). The predicted octanol–water partition coefficient (Wildman–Crippen LogP) is 2.07. The zero-order chi connectivity index (χ0) is 14.5. The summed E-state index contributed by atoms with van der Waals surface area (Å²) in [5.74, 6) is 2.71. The maximum Gasteiger partial charge on any atom is 0.226 e. The van der Waals surface area contributed by atoms with E-state index in [2.05, 4.69) is 27.4 Å². The highest BCUT2D eigenvalue weighted by Gasteiger charge is 2.58. The summed E-state index contributed by atoms with van der Waals surface area (Å²) in [6.45, 7) is 3.06. The number of nitrogens with zero attached hydrogens (tertiary/aromatic N) is 2. The highest BCUT2D eigenvalue weighted by atomic mass is 16.2. The maximum atomic E-state index is 12.8. The van der Waals surface area contributed by atoms with Crippen LogP contribution in [0.1, 0.15) is 51.3 Å². The van der Waals surface area contributed by atoms with Crippen molar-refractivity contribution >= 4 is 5.91 Å². The van der Waals surface area contributed by atoms with Gasteiger partial charge in [0.05, 0.1) is 5.41 Å². The van der Waals surface area contributed by atoms with Gasteiger partial charge >= 0.3 is 0 Å². The van der Waals surface area contributed by atoms with Crippen LogP contribution < -0.4 is 5.32 Å². The van der Waals surface area contributed by atoms with E-state index >= 15 is 0 Å². The van der Waals surface area contributed by atoms with Gasteiger partial charge in [0.1, 0.15) is 12.2 Å². The molecule has 4 fully saturated rings. The van der Waals surface area contributed by atoms with Gasteiger partial charge in [-0.15, -0.1) is 0 Å². The predicted molar refractivity (Wildman–Crippen MR) is 78.3 cm³/mol. The molecule has 2 N–H and O–H groups in total. The van der Waals surface area contributed by atoms with Gasteiger partial charge in [-0.2, -0.15) is 5.10 Å². The van der Waals surface area contributed by atoms with Crippen LogP contribution in [-0.4, -0.2) is 27.6 Å². The molecule has 1 amide bonds. The lowest BCUT2D eigenvalue weighted by atomic mass is 9.44. The maximum absolute atomic E-state index is 12.8. The lowest BCUT2D eigenvalue weighted by Crippen LogP contribution is -2.56. The van der Waals surface area contributed by atoms with Crippen molar-refractivity contribution in [2.24, 2.45) is 22.7 Å². The van der Waals surface area contributed by atoms with Crippen molar-refractivity contribution in [3.8, 4) is 0 Å². The van der Waals surface area contributed by atoms with Crippen molar-refractivity contribution in [1.82, 2.24) is 20.5 Å². The number of rotatable bonds is 4. The smallest absolute Gasteiger partial charge is 0.226 e. The molecule has 4 saturated carbocycles. The van der Waals surface area contributed by atoms with E-state index < -0.39 is 0 Å². The van der Waals surface area contributed by atoms with Crippen LogP contribution in [0.5, 0.6) is 0 Å². The lowest BCUT2D eigenvalue weighted by molar-refractivity contribution is -0.155. The standard InChI is InChI=1S/C16H24N4O/c1-15-5-11-4-12(6-15)8-16(7-11,9-15)14(21)17-3-2-13-18-10-19-20-13/h10-12H,2-9H2,1H3,(H,17,21)(H,18,19,20). The number of hydrogen-bond donors (Lipinski definition) is 2. The molecule has 1 heterocycles. The molecular weight excluding hydrogens is 264 g/mol. The summed E-state index contributed by atoms with van der Waals surface area (Å²) in [5.41, 5.74) is 0.354. The number of aromatic nitrogens is 3. The molecule has 0 saturated heterocycles. The van der Waals surface area contributed by atoms with E-state index in [4.69, 9.17) is 0 Å². The van der Waals surface area contributed by atoms with E-state index in [1.54, 1.807) is 0 Å². The Hall–Kier alpha value is -1.39. The number of nitrogens with one attached hydrogen (secondary N) is 2. The summed E-state index contributed by atoms with van der Waals surface area (Å²) in [5, 5.41) is 9.84. The molecule has 0 aliphatic heterocycles. The second kappa shape index (κ2) is 4.55. The molecule has 4 aliphatic rings. The van der Waals surface area contributed by atoms with Crippen molar-refractivity contribution in [2.45, 2.75) is 51.9 Å². The number of carbonyl (C=O) groups is 1. The normalized spacial score (nSPS) is 40.4. The Labute approximate surface area is 125 Å². The first-order valence-corrected chi connectivity index (χ1v) is 8.20. The zero-order valence-electron chi connectivity index (χ0n) is 12.7. The topological polar surface area (TPSA) is 70.7 Å². The summed E-state index contributed by atoms with van der Waals surface area (Å²) in [4.78, 5) is 16.9. The third-order valence-electron chi connectivity index (χ3n) is 5.95. The molecule has 0 radical (unpaired) electrons. The Morgan fingerprint density at radius 3 is 2.76 bits per heavy atom. The molecule has 2 unspecified atom stereocenters. The Morgan fingerprint density at radius 2 is 2.14 bits per heavy atom. The molecule has 0 aromatic carbocycles. The van der Waals surface area contributed by atoms with Gasteiger partial charge in [0, 0.05) is 13.0 Å². The van der Waals surface area contributed by atoms with Crippen LogP contribution in [0.15, 0.2) is 6.33 Å². The van der Waals surface area contributed by atoms with E-state index in [0.717, 1.165) is 43.3 Å².